The fourth-order valence-corrected chi connectivity index (χ4v) is 15.4. The molecular weight excluding hydrogens is 1410 g/mol. The quantitative estimate of drug-likeness (QED) is 0.0458. The van der Waals surface area contributed by atoms with Crippen LogP contribution in [-0.2, 0) is 0 Å². The van der Waals surface area contributed by atoms with Crippen LogP contribution in [0, 0.1) is 47.4 Å². The largest absolute Gasteiger partial charge is 0.457 e. The molecule has 114 heavy (non-hydrogen) atoms. The molecule has 0 N–H and O–H groups in total. The van der Waals surface area contributed by atoms with Crippen LogP contribution in [0.2, 0.25) is 0 Å². The normalized spacial score (nSPS) is 12.3. The third kappa shape index (κ3) is 13.6. The lowest BCUT2D eigenvalue weighted by Crippen LogP contribution is -2.42. The standard InChI is InChI=1S/C104H74N2O8/c1-63(2)79-31-21-32-80(64(3)4)99(79)105-101(107)83-59-87(111-75-51-43-71(44-52-75)39-35-67-23-13-9-14-24-67)93-95-89(113-77-55-47-73(48-56-77)41-37-69-27-17-11-18-28-69)61-85-92-86(104(110)106(103(85)109)100-81(65(5)6)33-22-34-82(100)66(7)8)62-90(114-78-57-49-74(50-58-78)42-38-70-29-19-12-20-30-70)96(98(92)95)94-88(60-84(102(105)108)91(83)97(93)94)112-76-53-45-72(46-54-76)40-36-68-25-15-10-16-26-68/h9-34,43-66H,1-8H3. The van der Waals surface area contributed by atoms with Crippen molar-refractivity contribution in [1.82, 2.24) is 0 Å². The van der Waals surface area contributed by atoms with Crippen molar-refractivity contribution in [3.63, 3.8) is 0 Å². The van der Waals surface area contributed by atoms with Gasteiger partial charge in [0, 0.05) is 87.6 Å². The van der Waals surface area contributed by atoms with Crippen LogP contribution >= 0.6 is 0 Å². The highest BCUT2D eigenvalue weighted by atomic mass is 16.5. The van der Waals surface area contributed by atoms with Gasteiger partial charge in [-0.05, 0) is 216 Å². The van der Waals surface area contributed by atoms with Gasteiger partial charge in [0.25, 0.3) is 23.6 Å². The Morgan fingerprint density at radius 1 is 0.219 bits per heavy atom. The van der Waals surface area contributed by atoms with Crippen LogP contribution < -0.4 is 28.7 Å². The van der Waals surface area contributed by atoms with Crippen LogP contribution in [0.25, 0.3) is 43.1 Å². The van der Waals surface area contributed by atoms with Gasteiger partial charge in [-0.1, -0.05) is 212 Å². The summed E-state index contributed by atoms with van der Waals surface area (Å²) in [6, 6.07) is 87.3. The molecule has 0 atom stereocenters. The summed E-state index contributed by atoms with van der Waals surface area (Å²) in [5.41, 5.74) is 11.0. The van der Waals surface area contributed by atoms with Crippen LogP contribution in [0.1, 0.15) is 187 Å². The third-order valence-corrected chi connectivity index (χ3v) is 20.9. The SMILES string of the molecule is CC(C)c1cccc(C(C)C)c1N1C(=O)c2cc(Oc3ccc(C#Cc4ccccc4)cc3)c3c4c(Oc5ccc(C#Cc6ccccc6)cc5)cc5c6c(cc(Oc7ccc(C#Cc8ccccc8)cc7)c(c7c(Oc8ccc(C#Cc9ccccc9)cc8)cc(c2c37)C1=O)c64)C(=O)N(c1c(C(C)C)cccc1C(C)C)C5=O. The first-order valence-corrected chi connectivity index (χ1v) is 38.3. The number of nitrogens with zero attached hydrogens (tertiary/aromatic N) is 2. The Bertz CT molecular complexity index is 5870. The van der Waals surface area contributed by atoms with Crippen LogP contribution in [-0.4, -0.2) is 23.6 Å². The van der Waals surface area contributed by atoms with Crippen molar-refractivity contribution < 1.29 is 38.1 Å². The van der Waals surface area contributed by atoms with Gasteiger partial charge in [0.1, 0.15) is 46.0 Å². The van der Waals surface area contributed by atoms with Gasteiger partial charge < -0.3 is 18.9 Å². The highest BCUT2D eigenvalue weighted by molar-refractivity contribution is 6.48. The summed E-state index contributed by atoms with van der Waals surface area (Å²) < 4.78 is 29.9. The van der Waals surface area contributed by atoms with E-state index in [9.17, 15) is 0 Å². The Morgan fingerprint density at radius 2 is 0.412 bits per heavy atom. The van der Waals surface area contributed by atoms with Gasteiger partial charge >= 0.3 is 0 Å². The Morgan fingerprint density at radius 3 is 0.605 bits per heavy atom. The summed E-state index contributed by atoms with van der Waals surface area (Å²) in [6.45, 7) is 16.4. The molecule has 0 fully saturated rings. The number of fused-ring (bicyclic) bond motifs is 2. The average molecular weight is 1480 g/mol. The van der Waals surface area contributed by atoms with Crippen molar-refractivity contribution in [3.8, 4) is 93.4 Å². The van der Waals surface area contributed by atoms with Crippen molar-refractivity contribution in [3.05, 3.63) is 368 Å². The maximum atomic E-state index is 16.8. The van der Waals surface area contributed by atoms with Crippen LogP contribution in [0.3, 0.4) is 0 Å². The summed E-state index contributed by atoms with van der Waals surface area (Å²) in [6.07, 6.45) is 0. The molecule has 0 saturated carbocycles. The maximum absolute atomic E-state index is 16.8. The zero-order valence-electron chi connectivity index (χ0n) is 64.0. The van der Waals surface area contributed by atoms with E-state index in [1.807, 2.05) is 255 Å². The zero-order valence-corrected chi connectivity index (χ0v) is 64.0. The van der Waals surface area contributed by atoms with Crippen LogP contribution in [0.5, 0.6) is 46.0 Å². The monoisotopic (exact) mass is 1480 g/mol. The third-order valence-electron chi connectivity index (χ3n) is 20.9. The van der Waals surface area contributed by atoms with Crippen molar-refractivity contribution in [2.24, 2.45) is 0 Å². The Kier molecular flexibility index (Phi) is 19.2. The minimum absolute atomic E-state index is 0.130. The molecule has 0 spiro atoms. The van der Waals surface area contributed by atoms with Gasteiger partial charge in [-0.3, -0.25) is 19.2 Å². The molecular formula is C104H74N2O8. The smallest absolute Gasteiger partial charge is 0.266 e. The van der Waals surface area contributed by atoms with Gasteiger partial charge in [-0.25, -0.2) is 9.80 Å². The lowest BCUT2D eigenvalue weighted by Gasteiger charge is -2.35. The minimum atomic E-state index is -0.592. The highest BCUT2D eigenvalue weighted by Crippen LogP contribution is 2.59. The molecule has 17 rings (SSSR count). The summed E-state index contributed by atoms with van der Waals surface area (Å²) in [5, 5.41) is 2.72. The first-order chi connectivity index (χ1) is 55.5. The fraction of sp³-hybridized carbons (Fsp3) is 0.115. The van der Waals surface area contributed by atoms with E-state index in [0.717, 1.165) is 44.5 Å². The van der Waals surface area contributed by atoms with Crippen molar-refractivity contribution in [2.75, 3.05) is 9.80 Å². The molecule has 2 aliphatic heterocycles. The molecule has 15 aromatic carbocycles. The Hall–Kier alpha value is -14.7. The molecule has 4 amide bonds. The number of imide groups is 2. The number of benzene rings is 15. The highest BCUT2D eigenvalue weighted by Gasteiger charge is 2.44. The summed E-state index contributed by atoms with van der Waals surface area (Å²) in [7, 11) is 0. The molecule has 0 radical (unpaired) electrons. The predicted octanol–water partition coefficient (Wildman–Crippen LogP) is 24.6. The van der Waals surface area contributed by atoms with Crippen molar-refractivity contribution >= 4 is 78.1 Å². The van der Waals surface area contributed by atoms with E-state index in [1.165, 1.54) is 9.80 Å². The second-order valence-electron chi connectivity index (χ2n) is 29.7. The number of hydrogen-bond donors (Lipinski definition) is 0. The van der Waals surface area contributed by atoms with Crippen LogP contribution in [0.15, 0.2) is 279 Å². The number of hydrogen-bond acceptors (Lipinski definition) is 8. The van der Waals surface area contributed by atoms with E-state index < -0.39 is 23.6 Å². The molecule has 10 heteroatoms. The lowest BCUT2D eigenvalue weighted by atomic mass is 9.80. The van der Waals surface area contributed by atoms with Crippen LogP contribution in [0.4, 0.5) is 11.4 Å². The second-order valence-corrected chi connectivity index (χ2v) is 29.7. The molecule has 0 aliphatic carbocycles. The molecule has 0 aromatic heterocycles. The summed E-state index contributed by atoms with van der Waals surface area (Å²) in [5.74, 6) is 25.6. The van der Waals surface area contributed by atoms with Gasteiger partial charge in [0.2, 0.25) is 0 Å². The van der Waals surface area contributed by atoms with Crippen molar-refractivity contribution in [2.45, 2.75) is 79.1 Å². The Labute approximate surface area is 662 Å². The fourth-order valence-electron chi connectivity index (χ4n) is 15.4. The molecule has 0 bridgehead atoms. The van der Waals surface area contributed by atoms with Gasteiger partial charge in [-0.2, -0.15) is 0 Å². The number of amides is 4. The van der Waals surface area contributed by atoms with Crippen molar-refractivity contribution in [1.29, 1.82) is 0 Å². The minimum Gasteiger partial charge on any atom is -0.457 e. The predicted molar refractivity (Wildman–Crippen MR) is 455 cm³/mol. The second kappa shape index (κ2) is 30.3. The van der Waals surface area contributed by atoms with Gasteiger partial charge in [0.15, 0.2) is 0 Å². The summed E-state index contributed by atoms with van der Waals surface area (Å²) >= 11 is 0. The number of para-hydroxylation sites is 2. The molecule has 2 heterocycles. The molecule has 548 valence electrons. The number of rotatable bonds is 14. The topological polar surface area (TPSA) is 112 Å². The van der Waals surface area contributed by atoms with Gasteiger partial charge in [0.05, 0.1) is 33.6 Å². The maximum Gasteiger partial charge on any atom is 0.266 e. The number of anilines is 2. The number of ether oxygens (including phenoxy) is 4. The van der Waals surface area contributed by atoms with Gasteiger partial charge in [-0.15, -0.1) is 0 Å². The first-order valence-electron chi connectivity index (χ1n) is 38.3. The molecule has 10 nitrogen and oxygen atoms in total. The van der Waals surface area contributed by atoms with E-state index >= 15 is 19.2 Å². The average Bonchev–Trinajstić information content (AvgIpc) is 0.668. The molecule has 2 aliphatic rings. The van der Waals surface area contributed by atoms with E-state index in [1.54, 1.807) is 24.3 Å². The number of carbonyl (C=O) groups is 4. The van der Waals surface area contributed by atoms with E-state index in [-0.39, 0.29) is 68.9 Å². The molecule has 0 saturated heterocycles. The number of carbonyl (C=O) groups excluding carboxylic acids is 4. The zero-order chi connectivity index (χ0) is 78.4. The Balaban J connectivity index is 1.01. The summed E-state index contributed by atoms with van der Waals surface area (Å²) in [4.78, 5) is 69.8. The van der Waals surface area contributed by atoms with E-state index in [2.05, 4.69) is 103 Å². The lowest BCUT2D eigenvalue weighted by molar-refractivity contribution is 0.0877. The van der Waals surface area contributed by atoms with E-state index in [0.29, 0.717) is 99.7 Å². The molecule has 15 aromatic rings. The van der Waals surface area contributed by atoms with E-state index in [4.69, 9.17) is 18.9 Å². The molecule has 0 unspecified atom stereocenters. The first kappa shape index (κ1) is 72.2.